The summed E-state index contributed by atoms with van der Waals surface area (Å²) in [5.74, 6) is 0. The molecule has 0 saturated heterocycles. The van der Waals surface area contributed by atoms with E-state index in [9.17, 15) is 4.48 Å². The quantitative estimate of drug-likeness (QED) is 0.671. The first-order chi connectivity index (χ1) is 4.34. The molecular formula is C6H5BrFN. The van der Waals surface area contributed by atoms with Gasteiger partial charge in [-0.2, -0.15) is 0 Å². The minimum Gasteiger partial charge on any atom is -0.223 e. The summed E-state index contributed by atoms with van der Waals surface area (Å²) < 4.78 is 12.4. The highest BCUT2D eigenvalue weighted by Gasteiger charge is 1.92. The van der Waals surface area contributed by atoms with Gasteiger partial charge >= 0.3 is 0 Å². The van der Waals surface area contributed by atoms with Crippen LogP contribution in [0.5, 0.6) is 0 Å². The largest absolute Gasteiger partial charge is 0.223 e. The average molecular weight is 190 g/mol. The topological polar surface area (TPSA) is 12.0 Å². The molecule has 0 aliphatic rings. The van der Waals surface area contributed by atoms with Crippen LogP contribution < -0.4 is 5.54 Å². The maximum absolute atomic E-state index is 11.7. The van der Waals surface area contributed by atoms with E-state index in [1.807, 2.05) is 6.07 Å². The molecule has 0 bridgehead atoms. The number of benzene rings is 1. The smallest absolute Gasteiger partial charge is 0.0797 e. The lowest BCUT2D eigenvalue weighted by atomic mass is 10.3. The number of rotatable bonds is 1. The fourth-order valence-corrected chi connectivity index (χ4v) is 0.898. The molecule has 0 aliphatic heterocycles. The zero-order valence-electron chi connectivity index (χ0n) is 4.57. The van der Waals surface area contributed by atoms with Gasteiger partial charge in [-0.25, -0.2) is 5.54 Å². The van der Waals surface area contributed by atoms with Crippen molar-refractivity contribution < 1.29 is 4.48 Å². The zero-order chi connectivity index (χ0) is 6.69. The van der Waals surface area contributed by atoms with Crippen molar-refractivity contribution >= 4 is 21.6 Å². The van der Waals surface area contributed by atoms with E-state index in [1.54, 1.807) is 23.7 Å². The third-order valence-electron chi connectivity index (χ3n) is 0.976. The van der Waals surface area contributed by atoms with Crippen molar-refractivity contribution in [2.45, 2.75) is 0 Å². The van der Waals surface area contributed by atoms with E-state index in [1.165, 1.54) is 0 Å². The fraction of sp³-hybridized carbons (Fsp3) is 0. The summed E-state index contributed by atoms with van der Waals surface area (Å²) in [6.07, 6.45) is 0. The number of anilines is 1. The molecule has 0 spiro atoms. The molecule has 0 heterocycles. The van der Waals surface area contributed by atoms with Crippen LogP contribution in [0.3, 0.4) is 0 Å². The molecule has 3 heteroatoms. The lowest BCUT2D eigenvalue weighted by molar-refractivity contribution is 0.617. The van der Waals surface area contributed by atoms with Crippen LogP contribution in [0.25, 0.3) is 0 Å². The molecule has 0 radical (unpaired) electrons. The minimum atomic E-state index is 0.456. The highest BCUT2D eigenvalue weighted by molar-refractivity contribution is 9.10. The summed E-state index contributed by atoms with van der Waals surface area (Å²) in [6.45, 7) is 0. The Kier molecular flexibility index (Phi) is 2.05. The van der Waals surface area contributed by atoms with Crippen LogP contribution in [0, 0.1) is 0 Å². The number of hydrogen-bond donors (Lipinski definition) is 1. The SMILES string of the molecule is FNc1ccccc1Br. The molecule has 0 atom stereocenters. The summed E-state index contributed by atoms with van der Waals surface area (Å²) in [5, 5.41) is 0. The fourth-order valence-electron chi connectivity index (χ4n) is 0.538. The van der Waals surface area contributed by atoms with E-state index in [2.05, 4.69) is 15.9 Å². The molecule has 0 aromatic heterocycles. The normalized spacial score (nSPS) is 9.11. The molecule has 0 fully saturated rings. The van der Waals surface area contributed by atoms with E-state index in [0.717, 1.165) is 4.47 Å². The van der Waals surface area contributed by atoms with Gasteiger partial charge in [0.2, 0.25) is 0 Å². The molecule has 1 aromatic rings. The third-order valence-corrected chi connectivity index (χ3v) is 1.67. The van der Waals surface area contributed by atoms with E-state index in [-0.39, 0.29) is 0 Å². The number of hydrogen-bond acceptors (Lipinski definition) is 1. The summed E-state index contributed by atoms with van der Waals surface area (Å²) in [6, 6.07) is 6.99. The Morgan fingerprint density at radius 1 is 1.33 bits per heavy atom. The van der Waals surface area contributed by atoms with Gasteiger partial charge in [0.15, 0.2) is 0 Å². The Labute approximate surface area is 60.9 Å². The van der Waals surface area contributed by atoms with Crippen molar-refractivity contribution in [2.24, 2.45) is 0 Å². The van der Waals surface area contributed by atoms with Gasteiger partial charge < -0.3 is 0 Å². The molecule has 1 aromatic carbocycles. The van der Waals surface area contributed by atoms with E-state index in [4.69, 9.17) is 0 Å². The summed E-state index contributed by atoms with van der Waals surface area (Å²) in [4.78, 5) is 0. The molecule has 1 N–H and O–H groups in total. The Bertz CT molecular complexity index is 202. The van der Waals surface area contributed by atoms with Gasteiger partial charge in [0.25, 0.3) is 0 Å². The molecule has 9 heavy (non-hydrogen) atoms. The predicted octanol–water partition coefficient (Wildman–Crippen LogP) is 2.75. The van der Waals surface area contributed by atoms with Crippen LogP contribution in [0.4, 0.5) is 10.2 Å². The molecule has 0 aliphatic carbocycles. The zero-order valence-corrected chi connectivity index (χ0v) is 6.15. The van der Waals surface area contributed by atoms with Crippen molar-refractivity contribution in [3.63, 3.8) is 0 Å². The van der Waals surface area contributed by atoms with Gasteiger partial charge in [0.1, 0.15) is 0 Å². The number of para-hydroxylation sites is 1. The van der Waals surface area contributed by atoms with Crippen LogP contribution in [0.2, 0.25) is 0 Å². The van der Waals surface area contributed by atoms with Crippen molar-refractivity contribution in [3.05, 3.63) is 28.7 Å². The molecule has 1 nitrogen and oxygen atoms in total. The second kappa shape index (κ2) is 2.82. The van der Waals surface area contributed by atoms with Crippen LogP contribution in [0.15, 0.2) is 28.7 Å². The molecule has 0 unspecified atom stereocenters. The maximum atomic E-state index is 11.7. The monoisotopic (exact) mass is 189 g/mol. The lowest BCUT2D eigenvalue weighted by Crippen LogP contribution is -1.80. The van der Waals surface area contributed by atoms with Gasteiger partial charge in [-0.3, -0.25) is 0 Å². The van der Waals surface area contributed by atoms with Crippen LogP contribution in [0.1, 0.15) is 0 Å². The Balaban J connectivity index is 3.01. The third kappa shape index (κ3) is 1.42. The Hall–Kier alpha value is -0.570. The number of nitrogens with one attached hydrogen (secondary N) is 1. The van der Waals surface area contributed by atoms with Crippen molar-refractivity contribution in [1.82, 2.24) is 0 Å². The first-order valence-electron chi connectivity index (χ1n) is 2.46. The highest BCUT2D eigenvalue weighted by atomic mass is 79.9. The van der Waals surface area contributed by atoms with Gasteiger partial charge in [-0.1, -0.05) is 12.1 Å². The molecular weight excluding hydrogens is 185 g/mol. The molecule has 0 amide bonds. The molecule has 48 valence electrons. The first-order valence-corrected chi connectivity index (χ1v) is 3.25. The van der Waals surface area contributed by atoms with Crippen molar-refractivity contribution in [1.29, 1.82) is 0 Å². The van der Waals surface area contributed by atoms with E-state index < -0.39 is 0 Å². The summed E-state index contributed by atoms with van der Waals surface area (Å²) in [7, 11) is 0. The van der Waals surface area contributed by atoms with Gasteiger partial charge in [-0.05, 0) is 28.1 Å². The van der Waals surface area contributed by atoms with Crippen LogP contribution in [-0.4, -0.2) is 0 Å². The molecule has 1 rings (SSSR count). The van der Waals surface area contributed by atoms with E-state index >= 15 is 0 Å². The Morgan fingerprint density at radius 2 is 2.00 bits per heavy atom. The second-order valence-electron chi connectivity index (χ2n) is 1.57. The maximum Gasteiger partial charge on any atom is 0.0797 e. The lowest BCUT2D eigenvalue weighted by Gasteiger charge is -1.96. The Morgan fingerprint density at radius 3 is 2.44 bits per heavy atom. The standard InChI is InChI=1S/C6H5BrFN/c7-5-3-1-2-4-6(5)9-8/h1-4,9H. The highest BCUT2D eigenvalue weighted by Crippen LogP contribution is 2.20. The summed E-state index contributed by atoms with van der Waals surface area (Å²) in [5.41, 5.74) is 2.00. The van der Waals surface area contributed by atoms with Crippen LogP contribution in [-0.2, 0) is 0 Å². The van der Waals surface area contributed by atoms with Crippen LogP contribution >= 0.6 is 15.9 Å². The summed E-state index contributed by atoms with van der Waals surface area (Å²) >= 11 is 3.15. The predicted molar refractivity (Wildman–Crippen MR) is 38.9 cm³/mol. The van der Waals surface area contributed by atoms with Crippen molar-refractivity contribution in [2.75, 3.05) is 5.54 Å². The minimum absolute atomic E-state index is 0.456. The van der Waals surface area contributed by atoms with E-state index in [0.29, 0.717) is 5.69 Å². The van der Waals surface area contributed by atoms with Gasteiger partial charge in [-0.15, -0.1) is 4.48 Å². The average Bonchev–Trinajstić information content (AvgIpc) is 1.89. The van der Waals surface area contributed by atoms with Crippen molar-refractivity contribution in [3.8, 4) is 0 Å². The second-order valence-corrected chi connectivity index (χ2v) is 2.43. The van der Waals surface area contributed by atoms with Gasteiger partial charge in [0, 0.05) is 4.47 Å². The van der Waals surface area contributed by atoms with Gasteiger partial charge in [0.05, 0.1) is 5.69 Å². The first kappa shape index (κ1) is 6.55. The molecule has 0 saturated carbocycles. The number of halogens is 2.